The second kappa shape index (κ2) is 8.26. The van der Waals surface area contributed by atoms with Gasteiger partial charge in [-0.2, -0.15) is 4.31 Å². The van der Waals surface area contributed by atoms with Crippen LogP contribution in [-0.2, 0) is 21.2 Å². The summed E-state index contributed by atoms with van der Waals surface area (Å²) in [5, 5.41) is 2.20. The van der Waals surface area contributed by atoms with E-state index in [-0.39, 0.29) is 10.8 Å². The van der Waals surface area contributed by atoms with Crippen LogP contribution < -0.4 is 0 Å². The summed E-state index contributed by atoms with van der Waals surface area (Å²) >= 11 is 3.32. The van der Waals surface area contributed by atoms with Gasteiger partial charge in [0.2, 0.25) is 15.9 Å². The van der Waals surface area contributed by atoms with Crippen molar-refractivity contribution in [1.82, 2.24) is 9.21 Å². The summed E-state index contributed by atoms with van der Waals surface area (Å²) < 4.78 is 27.8. The largest absolute Gasteiger partial charge is 0.340 e. The Morgan fingerprint density at radius 3 is 2.28 bits per heavy atom. The lowest BCUT2D eigenvalue weighted by molar-refractivity contribution is -0.131. The molecule has 0 saturated carbocycles. The summed E-state index contributed by atoms with van der Waals surface area (Å²) in [4.78, 5) is 14.9. The molecule has 0 atom stereocenters. The highest BCUT2D eigenvalue weighted by Gasteiger charge is 2.31. The predicted octanol–water partition coefficient (Wildman–Crippen LogP) is 3.68. The number of halogens is 1. The molecule has 0 radical (unpaired) electrons. The number of benzene rings is 3. The van der Waals surface area contributed by atoms with E-state index < -0.39 is 10.0 Å². The van der Waals surface area contributed by atoms with Gasteiger partial charge >= 0.3 is 0 Å². The van der Waals surface area contributed by atoms with Crippen LogP contribution in [0.1, 0.15) is 5.56 Å². The number of nitrogens with zero attached hydrogens (tertiary/aromatic N) is 2. The fourth-order valence-corrected chi connectivity index (χ4v) is 6.08. The molecule has 1 amide bonds. The maximum absolute atomic E-state index is 12.9. The standard InChI is InChI=1S/C22H21BrN2O3S/c23-20-10-3-4-11-21(20)29(27,28)25-14-12-24(13-15-25)22(26)16-18-8-5-7-17-6-1-2-9-19(17)18/h1-11H,12-16H2. The molecule has 1 heterocycles. The molecular weight excluding hydrogens is 452 g/mol. The Hall–Kier alpha value is -2.22. The van der Waals surface area contributed by atoms with Crippen LogP contribution in [0, 0.1) is 0 Å². The number of fused-ring (bicyclic) bond motifs is 1. The van der Waals surface area contributed by atoms with Gasteiger partial charge in [0.15, 0.2) is 0 Å². The fraction of sp³-hybridized carbons (Fsp3) is 0.227. The first kappa shape index (κ1) is 20.1. The molecule has 1 fully saturated rings. The number of carbonyl (C=O) groups is 1. The first-order valence-electron chi connectivity index (χ1n) is 9.46. The van der Waals surface area contributed by atoms with Gasteiger partial charge in [-0.05, 0) is 44.4 Å². The van der Waals surface area contributed by atoms with Crippen molar-refractivity contribution in [2.75, 3.05) is 26.2 Å². The van der Waals surface area contributed by atoms with E-state index in [2.05, 4.69) is 15.9 Å². The first-order chi connectivity index (χ1) is 14.0. The van der Waals surface area contributed by atoms with E-state index in [0.717, 1.165) is 16.3 Å². The van der Waals surface area contributed by atoms with Crippen molar-refractivity contribution in [1.29, 1.82) is 0 Å². The van der Waals surface area contributed by atoms with Crippen molar-refractivity contribution in [3.8, 4) is 0 Å². The zero-order valence-electron chi connectivity index (χ0n) is 15.8. The summed E-state index contributed by atoms with van der Waals surface area (Å²) in [6.45, 7) is 1.39. The lowest BCUT2D eigenvalue weighted by Crippen LogP contribution is -2.50. The van der Waals surface area contributed by atoms with Crippen LogP contribution >= 0.6 is 15.9 Å². The molecule has 150 valence electrons. The molecule has 0 spiro atoms. The number of rotatable bonds is 4. The van der Waals surface area contributed by atoms with Gasteiger partial charge in [0.05, 0.1) is 11.3 Å². The van der Waals surface area contributed by atoms with Gasteiger partial charge in [-0.1, -0.05) is 54.6 Å². The minimum Gasteiger partial charge on any atom is -0.340 e. The number of carbonyl (C=O) groups excluding carboxylic acids is 1. The Morgan fingerprint density at radius 1 is 0.862 bits per heavy atom. The second-order valence-electron chi connectivity index (χ2n) is 7.03. The summed E-state index contributed by atoms with van der Waals surface area (Å²) in [6, 6.07) is 20.8. The van der Waals surface area contributed by atoms with Crippen molar-refractivity contribution >= 4 is 42.6 Å². The van der Waals surface area contributed by atoms with Gasteiger partial charge < -0.3 is 4.90 Å². The lowest BCUT2D eigenvalue weighted by Gasteiger charge is -2.34. The SMILES string of the molecule is O=C(Cc1cccc2ccccc12)N1CCN(S(=O)(=O)c2ccccc2Br)CC1. The highest BCUT2D eigenvalue weighted by molar-refractivity contribution is 9.10. The van der Waals surface area contributed by atoms with Crippen molar-refractivity contribution in [2.45, 2.75) is 11.3 Å². The molecule has 3 aromatic rings. The van der Waals surface area contributed by atoms with Crippen molar-refractivity contribution < 1.29 is 13.2 Å². The lowest BCUT2D eigenvalue weighted by atomic mass is 10.0. The summed E-state index contributed by atoms with van der Waals surface area (Å²) in [7, 11) is -3.58. The minimum atomic E-state index is -3.58. The quantitative estimate of drug-likeness (QED) is 0.581. The minimum absolute atomic E-state index is 0.0271. The van der Waals surface area contributed by atoms with Crippen LogP contribution in [0.3, 0.4) is 0 Å². The fourth-order valence-electron chi connectivity index (χ4n) is 3.69. The Morgan fingerprint density at radius 2 is 1.52 bits per heavy atom. The number of piperazine rings is 1. The van der Waals surface area contributed by atoms with Crippen LogP contribution in [0.4, 0.5) is 0 Å². The summed E-state index contributed by atoms with van der Waals surface area (Å²) in [6.07, 6.45) is 0.318. The molecule has 1 saturated heterocycles. The molecule has 0 bridgehead atoms. The van der Waals surface area contributed by atoms with Gasteiger partial charge in [0, 0.05) is 30.7 Å². The third-order valence-corrected chi connectivity index (χ3v) is 8.18. The maximum atomic E-state index is 12.9. The monoisotopic (exact) mass is 472 g/mol. The highest BCUT2D eigenvalue weighted by Crippen LogP contribution is 2.26. The predicted molar refractivity (Wildman–Crippen MR) is 117 cm³/mol. The van der Waals surface area contributed by atoms with E-state index in [0.29, 0.717) is 37.1 Å². The number of sulfonamides is 1. The van der Waals surface area contributed by atoms with Crippen LogP contribution in [0.2, 0.25) is 0 Å². The topological polar surface area (TPSA) is 57.7 Å². The Labute approximate surface area is 179 Å². The smallest absolute Gasteiger partial charge is 0.244 e. The average molecular weight is 473 g/mol. The molecule has 0 N–H and O–H groups in total. The number of hydrogen-bond donors (Lipinski definition) is 0. The Kier molecular flexibility index (Phi) is 5.72. The van der Waals surface area contributed by atoms with Crippen LogP contribution in [-0.4, -0.2) is 49.7 Å². The zero-order chi connectivity index (χ0) is 20.4. The first-order valence-corrected chi connectivity index (χ1v) is 11.7. The van der Waals surface area contributed by atoms with Gasteiger partial charge in [-0.3, -0.25) is 4.79 Å². The second-order valence-corrected chi connectivity index (χ2v) is 9.79. The normalized spacial score (nSPS) is 15.6. The number of hydrogen-bond acceptors (Lipinski definition) is 3. The number of amides is 1. The van der Waals surface area contributed by atoms with Crippen LogP contribution in [0.15, 0.2) is 76.1 Å². The maximum Gasteiger partial charge on any atom is 0.244 e. The van der Waals surface area contributed by atoms with Gasteiger partial charge in [-0.25, -0.2) is 8.42 Å². The van der Waals surface area contributed by atoms with E-state index in [1.165, 1.54) is 4.31 Å². The molecule has 1 aliphatic rings. The Bertz CT molecular complexity index is 1150. The average Bonchev–Trinajstić information content (AvgIpc) is 2.74. The molecular formula is C22H21BrN2O3S. The van der Waals surface area contributed by atoms with Crippen molar-refractivity contribution in [3.63, 3.8) is 0 Å². The highest BCUT2D eigenvalue weighted by atomic mass is 79.9. The summed E-state index contributed by atoms with van der Waals surface area (Å²) in [5.74, 6) is 0.0271. The Balaban J connectivity index is 1.44. The third kappa shape index (κ3) is 4.08. The molecule has 29 heavy (non-hydrogen) atoms. The molecule has 0 aromatic heterocycles. The van der Waals surface area contributed by atoms with Gasteiger partial charge in [-0.15, -0.1) is 0 Å². The van der Waals surface area contributed by atoms with Crippen LogP contribution in [0.5, 0.6) is 0 Å². The molecule has 0 aliphatic carbocycles. The molecule has 1 aliphatic heterocycles. The molecule has 7 heteroatoms. The molecule has 4 rings (SSSR count). The molecule has 5 nitrogen and oxygen atoms in total. The van der Waals surface area contributed by atoms with E-state index in [9.17, 15) is 13.2 Å². The van der Waals surface area contributed by atoms with Crippen molar-refractivity contribution in [2.24, 2.45) is 0 Å². The van der Waals surface area contributed by atoms with Gasteiger partial charge in [0.1, 0.15) is 0 Å². The molecule has 3 aromatic carbocycles. The third-order valence-electron chi connectivity index (χ3n) is 5.27. The van der Waals surface area contributed by atoms with Crippen molar-refractivity contribution in [3.05, 3.63) is 76.8 Å². The van der Waals surface area contributed by atoms with E-state index >= 15 is 0 Å². The molecule has 0 unspecified atom stereocenters. The summed E-state index contributed by atoms with van der Waals surface area (Å²) in [5.41, 5.74) is 0.997. The van der Waals surface area contributed by atoms with E-state index in [1.54, 1.807) is 29.2 Å². The van der Waals surface area contributed by atoms with Crippen LogP contribution in [0.25, 0.3) is 10.8 Å². The van der Waals surface area contributed by atoms with E-state index in [1.807, 2.05) is 42.5 Å². The van der Waals surface area contributed by atoms with E-state index in [4.69, 9.17) is 0 Å². The zero-order valence-corrected chi connectivity index (χ0v) is 18.2. The van der Waals surface area contributed by atoms with Gasteiger partial charge in [0.25, 0.3) is 0 Å².